The third kappa shape index (κ3) is 3.96. The van der Waals surface area contributed by atoms with E-state index in [-0.39, 0.29) is 11.8 Å². The number of anilines is 1. The Kier molecular flexibility index (Phi) is 5.71. The van der Waals surface area contributed by atoms with Gasteiger partial charge in [0, 0.05) is 17.8 Å². The Morgan fingerprint density at radius 3 is 2.12 bits per heavy atom. The second-order valence-electron chi connectivity index (χ2n) is 6.75. The minimum atomic E-state index is -0.404. The van der Waals surface area contributed by atoms with Crippen LogP contribution in [0.3, 0.4) is 0 Å². The summed E-state index contributed by atoms with van der Waals surface area (Å²) in [5.74, 6) is -0.170. The van der Waals surface area contributed by atoms with Gasteiger partial charge in [0.05, 0.1) is 0 Å². The number of benzene rings is 2. The Hall–Kier alpha value is -2.62. The fraction of sp³-hybridized carbons (Fsp3) is 0.364. The van der Waals surface area contributed by atoms with Crippen LogP contribution in [0.15, 0.2) is 48.5 Å². The lowest BCUT2D eigenvalue weighted by Crippen LogP contribution is -2.43. The lowest BCUT2D eigenvalue weighted by Gasteiger charge is -2.24. The van der Waals surface area contributed by atoms with Gasteiger partial charge in [-0.15, -0.1) is 0 Å². The number of carbonyl (C=O) groups excluding carboxylic acids is 2. The van der Waals surface area contributed by atoms with E-state index in [0.717, 1.165) is 24.9 Å². The molecule has 1 N–H and O–H groups in total. The molecule has 1 unspecified atom stereocenters. The molecule has 136 valence electrons. The summed E-state index contributed by atoms with van der Waals surface area (Å²) in [4.78, 5) is 27.3. The largest absolute Gasteiger partial charge is 0.327 e. The van der Waals surface area contributed by atoms with Crippen LogP contribution in [0.1, 0.15) is 48.2 Å². The third-order valence-electron chi connectivity index (χ3n) is 5.06. The van der Waals surface area contributed by atoms with E-state index < -0.39 is 6.04 Å². The first kappa shape index (κ1) is 18.2. The van der Waals surface area contributed by atoms with Gasteiger partial charge in [-0.1, -0.05) is 38.1 Å². The fourth-order valence-corrected chi connectivity index (χ4v) is 3.38. The number of hydrogen-bond donors (Lipinski definition) is 1. The topological polar surface area (TPSA) is 49.4 Å². The van der Waals surface area contributed by atoms with Crippen molar-refractivity contribution in [1.82, 2.24) is 4.90 Å². The van der Waals surface area contributed by atoms with Crippen molar-refractivity contribution in [2.24, 2.45) is 0 Å². The van der Waals surface area contributed by atoms with Crippen LogP contribution in [0.2, 0.25) is 0 Å². The molecule has 0 radical (unpaired) electrons. The van der Waals surface area contributed by atoms with Crippen LogP contribution in [-0.4, -0.2) is 29.3 Å². The zero-order valence-electron chi connectivity index (χ0n) is 15.5. The highest BCUT2D eigenvalue weighted by Gasteiger charge is 2.34. The van der Waals surface area contributed by atoms with Crippen LogP contribution < -0.4 is 5.32 Å². The Balaban J connectivity index is 1.69. The molecule has 1 saturated heterocycles. The van der Waals surface area contributed by atoms with Crippen LogP contribution in [-0.2, 0) is 17.6 Å². The number of nitrogens with zero attached hydrogens (tertiary/aromatic N) is 1. The molecule has 3 rings (SSSR count). The van der Waals surface area contributed by atoms with Gasteiger partial charge in [0.15, 0.2) is 0 Å². The summed E-state index contributed by atoms with van der Waals surface area (Å²) in [5, 5.41) is 2.96. The molecule has 2 aromatic carbocycles. The highest BCUT2D eigenvalue weighted by Crippen LogP contribution is 2.22. The van der Waals surface area contributed by atoms with Crippen LogP contribution >= 0.6 is 0 Å². The summed E-state index contributed by atoms with van der Waals surface area (Å²) < 4.78 is 0. The molecule has 0 bridgehead atoms. The standard InChI is InChI=1S/C22H26N2O2/c1-3-16-7-11-18(12-8-16)22(26)24-15-5-6-20(24)21(25)23-19-13-9-17(4-2)10-14-19/h7-14,20H,3-6,15H2,1-2H3,(H,23,25). The van der Waals surface area contributed by atoms with Gasteiger partial charge in [0.25, 0.3) is 5.91 Å². The van der Waals surface area contributed by atoms with Gasteiger partial charge in [0.2, 0.25) is 5.91 Å². The molecular formula is C22H26N2O2. The predicted molar refractivity (Wildman–Crippen MR) is 104 cm³/mol. The summed E-state index contributed by atoms with van der Waals surface area (Å²) in [6, 6.07) is 15.1. The van der Waals surface area contributed by atoms with Crippen molar-refractivity contribution in [3.8, 4) is 0 Å². The molecule has 0 aliphatic carbocycles. The quantitative estimate of drug-likeness (QED) is 0.884. The third-order valence-corrected chi connectivity index (χ3v) is 5.06. The number of likely N-dealkylation sites (tertiary alicyclic amines) is 1. The average molecular weight is 350 g/mol. The van der Waals surface area contributed by atoms with E-state index in [1.807, 2.05) is 48.5 Å². The molecule has 26 heavy (non-hydrogen) atoms. The van der Waals surface area contributed by atoms with Crippen LogP contribution in [0.25, 0.3) is 0 Å². The van der Waals surface area contributed by atoms with Gasteiger partial charge >= 0.3 is 0 Å². The Morgan fingerprint density at radius 2 is 1.54 bits per heavy atom. The second-order valence-corrected chi connectivity index (χ2v) is 6.75. The molecule has 1 aliphatic rings. The van der Waals surface area contributed by atoms with Crippen LogP contribution in [0.4, 0.5) is 5.69 Å². The molecule has 0 spiro atoms. The molecule has 0 aromatic heterocycles. The zero-order valence-corrected chi connectivity index (χ0v) is 15.5. The summed E-state index contributed by atoms with van der Waals surface area (Å²) in [5.41, 5.74) is 3.86. The Bertz CT molecular complexity index is 766. The molecule has 2 aromatic rings. The highest BCUT2D eigenvalue weighted by atomic mass is 16.2. The van der Waals surface area contributed by atoms with E-state index in [1.165, 1.54) is 11.1 Å². The molecule has 2 amide bonds. The minimum Gasteiger partial charge on any atom is -0.327 e. The molecule has 1 atom stereocenters. The van der Waals surface area contributed by atoms with Gasteiger partial charge in [-0.3, -0.25) is 9.59 Å². The normalized spacial score (nSPS) is 16.5. The van der Waals surface area contributed by atoms with Gasteiger partial charge < -0.3 is 10.2 Å². The van der Waals surface area contributed by atoms with E-state index in [0.29, 0.717) is 18.5 Å². The smallest absolute Gasteiger partial charge is 0.254 e. The van der Waals surface area contributed by atoms with Crippen molar-refractivity contribution in [2.45, 2.75) is 45.6 Å². The number of aryl methyl sites for hydroxylation is 2. The van der Waals surface area contributed by atoms with Crippen molar-refractivity contribution in [1.29, 1.82) is 0 Å². The first-order valence-electron chi connectivity index (χ1n) is 9.42. The number of nitrogens with one attached hydrogen (secondary N) is 1. The lowest BCUT2D eigenvalue weighted by atomic mass is 10.1. The molecule has 0 saturated carbocycles. The van der Waals surface area contributed by atoms with Gasteiger partial charge in [-0.05, 0) is 61.1 Å². The predicted octanol–water partition coefficient (Wildman–Crippen LogP) is 4.05. The minimum absolute atomic E-state index is 0.0633. The molecule has 4 heteroatoms. The number of amides is 2. The lowest BCUT2D eigenvalue weighted by molar-refractivity contribution is -0.119. The summed E-state index contributed by atoms with van der Waals surface area (Å²) >= 11 is 0. The fourth-order valence-electron chi connectivity index (χ4n) is 3.38. The number of hydrogen-bond acceptors (Lipinski definition) is 2. The van der Waals surface area contributed by atoms with Crippen molar-refractivity contribution in [3.05, 3.63) is 65.2 Å². The van der Waals surface area contributed by atoms with Crippen LogP contribution in [0, 0.1) is 0 Å². The maximum Gasteiger partial charge on any atom is 0.254 e. The van der Waals surface area contributed by atoms with Gasteiger partial charge in [0.1, 0.15) is 6.04 Å². The van der Waals surface area contributed by atoms with E-state index in [1.54, 1.807) is 4.90 Å². The second kappa shape index (κ2) is 8.17. The molecule has 1 aliphatic heterocycles. The van der Waals surface area contributed by atoms with Crippen molar-refractivity contribution < 1.29 is 9.59 Å². The Morgan fingerprint density at radius 1 is 0.962 bits per heavy atom. The molecule has 4 nitrogen and oxygen atoms in total. The maximum atomic E-state index is 12.8. The Labute approximate surface area is 155 Å². The molecular weight excluding hydrogens is 324 g/mol. The first-order chi connectivity index (χ1) is 12.6. The van der Waals surface area contributed by atoms with E-state index in [9.17, 15) is 9.59 Å². The van der Waals surface area contributed by atoms with E-state index in [4.69, 9.17) is 0 Å². The first-order valence-corrected chi connectivity index (χ1v) is 9.42. The van der Waals surface area contributed by atoms with Crippen molar-refractivity contribution in [3.63, 3.8) is 0 Å². The SMILES string of the molecule is CCc1ccc(NC(=O)C2CCCN2C(=O)c2ccc(CC)cc2)cc1. The molecule has 1 fully saturated rings. The molecule has 1 heterocycles. The van der Waals surface area contributed by atoms with E-state index in [2.05, 4.69) is 19.2 Å². The summed E-state index contributed by atoms with van der Waals surface area (Å²) in [6.07, 6.45) is 3.47. The van der Waals surface area contributed by atoms with E-state index >= 15 is 0 Å². The summed E-state index contributed by atoms with van der Waals surface area (Å²) in [7, 11) is 0. The summed E-state index contributed by atoms with van der Waals surface area (Å²) in [6.45, 7) is 4.81. The van der Waals surface area contributed by atoms with Gasteiger partial charge in [-0.2, -0.15) is 0 Å². The number of rotatable bonds is 5. The van der Waals surface area contributed by atoms with Gasteiger partial charge in [-0.25, -0.2) is 0 Å². The monoisotopic (exact) mass is 350 g/mol. The number of carbonyl (C=O) groups is 2. The zero-order chi connectivity index (χ0) is 18.5. The average Bonchev–Trinajstić information content (AvgIpc) is 3.18. The van der Waals surface area contributed by atoms with Crippen molar-refractivity contribution >= 4 is 17.5 Å². The van der Waals surface area contributed by atoms with Crippen molar-refractivity contribution in [2.75, 3.05) is 11.9 Å². The maximum absolute atomic E-state index is 12.8. The highest BCUT2D eigenvalue weighted by molar-refractivity contribution is 6.01. The van der Waals surface area contributed by atoms with Crippen LogP contribution in [0.5, 0.6) is 0 Å².